The molecule has 39 heavy (non-hydrogen) atoms. The van der Waals surface area contributed by atoms with Crippen LogP contribution in [0.2, 0.25) is 0 Å². The quantitative estimate of drug-likeness (QED) is 0.371. The maximum Gasteiger partial charge on any atom is 0.309 e. The monoisotopic (exact) mass is 541 g/mol. The maximum absolute atomic E-state index is 13.6. The SMILES string of the molecule is COc1cc(C#N)c(OC2CCC(C)(C(=O)O)CC2)cc1C(=O)N[C@@H]1[C@H]2CC[C@H](C2)[C@@H]1C(=O)NCC(C)(C)O. The smallest absolute Gasteiger partial charge is 0.309 e. The van der Waals surface area contributed by atoms with Gasteiger partial charge in [0.1, 0.15) is 17.6 Å². The van der Waals surface area contributed by atoms with E-state index in [1.54, 1.807) is 20.8 Å². The Morgan fingerprint density at radius 2 is 1.79 bits per heavy atom. The number of aliphatic hydroxyl groups is 1. The van der Waals surface area contributed by atoms with Gasteiger partial charge in [0.05, 0.1) is 41.3 Å². The number of aliphatic carboxylic acids is 1. The molecule has 3 aliphatic carbocycles. The normalized spacial score (nSPS) is 29.8. The molecular formula is C29H39N3O7. The Bertz CT molecular complexity index is 1160. The standard InChI is InChI=1S/C29H39N3O7/c1-28(2,37)15-31-26(34)23-16-5-6-17(11-16)24(23)32-25(33)20-13-21(18(14-30)12-22(20)38-4)39-19-7-9-29(3,10-8-19)27(35)36/h12-13,16-17,19,23-24,37H,5-11,15H2,1-4H3,(H,31,34)(H,32,33)(H,35,36)/t16-,17+,19?,23+,24-,29?/m1/s1. The number of methoxy groups -OCH3 is 1. The largest absolute Gasteiger partial charge is 0.496 e. The zero-order chi connectivity index (χ0) is 28.5. The molecule has 0 saturated heterocycles. The Morgan fingerprint density at radius 1 is 1.13 bits per heavy atom. The van der Waals surface area contributed by atoms with Gasteiger partial charge < -0.3 is 30.3 Å². The number of hydrogen-bond acceptors (Lipinski definition) is 7. The first-order valence-corrected chi connectivity index (χ1v) is 13.7. The molecule has 0 aromatic heterocycles. The van der Waals surface area contributed by atoms with Crippen molar-refractivity contribution in [3.63, 3.8) is 0 Å². The molecule has 4 atom stereocenters. The summed E-state index contributed by atoms with van der Waals surface area (Å²) < 4.78 is 11.6. The van der Waals surface area contributed by atoms with E-state index in [4.69, 9.17) is 9.47 Å². The van der Waals surface area contributed by atoms with Gasteiger partial charge in [0.2, 0.25) is 5.91 Å². The van der Waals surface area contributed by atoms with Crippen molar-refractivity contribution in [1.29, 1.82) is 5.26 Å². The minimum Gasteiger partial charge on any atom is -0.496 e. The number of nitrogens with zero attached hydrogens (tertiary/aromatic N) is 1. The first kappa shape index (κ1) is 28.7. The summed E-state index contributed by atoms with van der Waals surface area (Å²) in [6.07, 6.45) is 4.41. The molecule has 2 bridgehead atoms. The number of nitriles is 1. The van der Waals surface area contributed by atoms with E-state index in [0.717, 1.165) is 19.3 Å². The molecule has 3 aliphatic rings. The van der Waals surface area contributed by atoms with Crippen LogP contribution in [0.4, 0.5) is 0 Å². The summed E-state index contributed by atoms with van der Waals surface area (Å²) in [5.74, 6) is -0.966. The third kappa shape index (κ3) is 6.14. The zero-order valence-electron chi connectivity index (χ0n) is 23.1. The minimum atomic E-state index is -1.04. The molecular weight excluding hydrogens is 502 g/mol. The van der Waals surface area contributed by atoms with Gasteiger partial charge >= 0.3 is 5.97 Å². The second kappa shape index (κ2) is 11.0. The van der Waals surface area contributed by atoms with Gasteiger partial charge in [-0.15, -0.1) is 0 Å². The molecule has 10 heteroatoms. The van der Waals surface area contributed by atoms with Crippen molar-refractivity contribution in [3.05, 3.63) is 23.3 Å². The van der Waals surface area contributed by atoms with Gasteiger partial charge in [-0.2, -0.15) is 5.26 Å². The number of nitrogens with one attached hydrogen (secondary N) is 2. The highest BCUT2D eigenvalue weighted by Crippen LogP contribution is 2.49. The van der Waals surface area contributed by atoms with Crippen molar-refractivity contribution in [2.75, 3.05) is 13.7 Å². The fraction of sp³-hybridized carbons (Fsp3) is 0.655. The first-order valence-electron chi connectivity index (χ1n) is 13.7. The first-order chi connectivity index (χ1) is 18.3. The number of ether oxygens (including phenoxy) is 2. The van der Waals surface area contributed by atoms with Gasteiger partial charge in [-0.1, -0.05) is 0 Å². The summed E-state index contributed by atoms with van der Waals surface area (Å²) in [5, 5.41) is 35.2. The average Bonchev–Trinajstić information content (AvgIpc) is 3.50. The molecule has 4 rings (SSSR count). The number of amides is 2. The van der Waals surface area contributed by atoms with E-state index < -0.39 is 22.9 Å². The third-order valence-corrected chi connectivity index (χ3v) is 8.73. The lowest BCUT2D eigenvalue weighted by Gasteiger charge is -2.34. The number of carboxylic acid groups (broad SMARTS) is 1. The molecule has 0 heterocycles. The molecule has 0 aliphatic heterocycles. The number of fused-ring (bicyclic) bond motifs is 2. The summed E-state index contributed by atoms with van der Waals surface area (Å²) in [7, 11) is 1.42. The van der Waals surface area contributed by atoms with Crippen LogP contribution in [0, 0.1) is 34.5 Å². The van der Waals surface area contributed by atoms with Crippen LogP contribution in [0.5, 0.6) is 11.5 Å². The van der Waals surface area contributed by atoms with Gasteiger partial charge in [0, 0.05) is 18.7 Å². The predicted molar refractivity (Wildman–Crippen MR) is 141 cm³/mol. The van der Waals surface area contributed by atoms with Crippen LogP contribution in [0.3, 0.4) is 0 Å². The minimum absolute atomic E-state index is 0.122. The second-order valence-corrected chi connectivity index (χ2v) is 12.2. The van der Waals surface area contributed by atoms with E-state index in [-0.39, 0.29) is 65.0 Å². The Balaban J connectivity index is 1.52. The maximum atomic E-state index is 13.6. The van der Waals surface area contributed by atoms with Crippen LogP contribution in [-0.2, 0) is 9.59 Å². The summed E-state index contributed by atoms with van der Waals surface area (Å²) in [4.78, 5) is 38.3. The highest BCUT2D eigenvalue weighted by molar-refractivity contribution is 5.98. The molecule has 10 nitrogen and oxygen atoms in total. The highest BCUT2D eigenvalue weighted by atomic mass is 16.5. The van der Waals surface area contributed by atoms with Crippen molar-refractivity contribution >= 4 is 17.8 Å². The second-order valence-electron chi connectivity index (χ2n) is 12.2. The fourth-order valence-electron chi connectivity index (χ4n) is 6.36. The molecule has 1 aromatic carbocycles. The van der Waals surface area contributed by atoms with Crippen LogP contribution >= 0.6 is 0 Å². The molecule has 0 radical (unpaired) electrons. The van der Waals surface area contributed by atoms with Crippen LogP contribution in [0.1, 0.15) is 81.6 Å². The summed E-state index contributed by atoms with van der Waals surface area (Å²) in [6.45, 7) is 5.11. The van der Waals surface area contributed by atoms with E-state index in [2.05, 4.69) is 16.7 Å². The number of rotatable bonds is 9. The van der Waals surface area contributed by atoms with E-state index >= 15 is 0 Å². The predicted octanol–water partition coefficient (Wildman–Crippen LogP) is 3.01. The number of carbonyl (C=O) groups is 3. The van der Waals surface area contributed by atoms with Crippen molar-refractivity contribution in [1.82, 2.24) is 10.6 Å². The summed E-state index contributed by atoms with van der Waals surface area (Å²) >= 11 is 0. The topological polar surface area (TPSA) is 158 Å². The molecule has 0 spiro atoms. The lowest BCUT2D eigenvalue weighted by atomic mass is 9.75. The van der Waals surface area contributed by atoms with Crippen LogP contribution in [0.25, 0.3) is 0 Å². The molecule has 4 N–H and O–H groups in total. The Hall–Kier alpha value is -3.32. The van der Waals surface area contributed by atoms with E-state index in [1.807, 2.05) is 0 Å². The molecule has 0 unspecified atom stereocenters. The number of carboxylic acids is 1. The van der Waals surface area contributed by atoms with Crippen LogP contribution in [-0.4, -0.2) is 59.4 Å². The van der Waals surface area contributed by atoms with Crippen LogP contribution in [0.15, 0.2) is 12.1 Å². The van der Waals surface area contributed by atoms with Crippen molar-refractivity contribution in [2.45, 2.75) is 83.5 Å². The Morgan fingerprint density at radius 3 is 2.38 bits per heavy atom. The molecule has 212 valence electrons. The van der Waals surface area contributed by atoms with Gasteiger partial charge in [-0.3, -0.25) is 14.4 Å². The highest BCUT2D eigenvalue weighted by Gasteiger charge is 2.51. The Labute approximate surface area is 229 Å². The van der Waals surface area contributed by atoms with Crippen LogP contribution < -0.4 is 20.1 Å². The number of carbonyl (C=O) groups excluding carboxylic acids is 2. The molecule has 3 fully saturated rings. The van der Waals surface area contributed by atoms with Gasteiger partial charge in [0.25, 0.3) is 5.91 Å². The number of benzene rings is 1. The molecule has 3 saturated carbocycles. The van der Waals surface area contributed by atoms with Crippen molar-refractivity contribution in [3.8, 4) is 17.6 Å². The Kier molecular flexibility index (Phi) is 8.12. The lowest BCUT2D eigenvalue weighted by Crippen LogP contribution is -2.51. The lowest BCUT2D eigenvalue weighted by molar-refractivity contribution is -0.150. The van der Waals surface area contributed by atoms with Crippen molar-refractivity contribution in [2.24, 2.45) is 23.2 Å². The van der Waals surface area contributed by atoms with E-state index in [1.165, 1.54) is 19.2 Å². The average molecular weight is 542 g/mol. The van der Waals surface area contributed by atoms with Gasteiger partial charge in [-0.05, 0) is 83.6 Å². The van der Waals surface area contributed by atoms with Gasteiger partial charge in [-0.25, -0.2) is 0 Å². The molecule has 2 amide bonds. The fourth-order valence-corrected chi connectivity index (χ4v) is 6.36. The van der Waals surface area contributed by atoms with Crippen molar-refractivity contribution < 1.29 is 34.1 Å². The van der Waals surface area contributed by atoms with Gasteiger partial charge in [0.15, 0.2) is 0 Å². The van der Waals surface area contributed by atoms with E-state index in [9.17, 15) is 29.9 Å². The third-order valence-electron chi connectivity index (χ3n) is 8.73. The summed E-state index contributed by atoms with van der Waals surface area (Å²) in [6, 6.07) is 4.73. The number of hydrogen-bond donors (Lipinski definition) is 4. The molecule has 1 aromatic rings. The zero-order valence-corrected chi connectivity index (χ0v) is 23.1. The van der Waals surface area contributed by atoms with E-state index in [0.29, 0.717) is 25.7 Å². The summed E-state index contributed by atoms with van der Waals surface area (Å²) in [5.41, 5.74) is -1.41.